The van der Waals surface area contributed by atoms with Gasteiger partial charge in [0.2, 0.25) is 5.91 Å². The van der Waals surface area contributed by atoms with Crippen molar-refractivity contribution in [2.45, 2.75) is 71.3 Å². The molecule has 3 nitrogen and oxygen atoms in total. The Balaban J connectivity index is 1.21. The number of amides is 1. The second kappa shape index (κ2) is 7.25. The second-order valence-corrected chi connectivity index (χ2v) is 9.33. The number of hydrogen-bond donors (Lipinski definition) is 1. The first-order chi connectivity index (χ1) is 12.5. The van der Waals surface area contributed by atoms with Crippen LogP contribution in [0.25, 0.3) is 0 Å². The summed E-state index contributed by atoms with van der Waals surface area (Å²) in [7, 11) is 0. The lowest BCUT2D eigenvalue weighted by molar-refractivity contribution is -0.126. The van der Waals surface area contributed by atoms with Crippen LogP contribution >= 0.6 is 0 Å². The zero-order valence-corrected chi connectivity index (χ0v) is 16.3. The van der Waals surface area contributed by atoms with Crippen LogP contribution < -0.4 is 10.1 Å². The van der Waals surface area contributed by atoms with Crippen molar-refractivity contribution in [3.63, 3.8) is 0 Å². The third kappa shape index (κ3) is 3.77. The number of nitrogens with one attached hydrogen (secondary N) is 1. The molecule has 0 unspecified atom stereocenters. The van der Waals surface area contributed by atoms with E-state index in [1.807, 2.05) is 12.1 Å². The molecule has 0 heterocycles. The number of rotatable bonds is 7. The van der Waals surface area contributed by atoms with Gasteiger partial charge in [0.05, 0.1) is 6.61 Å². The maximum Gasteiger partial charge on any atom is 0.220 e. The van der Waals surface area contributed by atoms with Crippen LogP contribution in [0.15, 0.2) is 24.3 Å². The highest BCUT2D eigenvalue weighted by molar-refractivity contribution is 5.76. The van der Waals surface area contributed by atoms with Crippen LogP contribution in [0.1, 0.15) is 63.9 Å². The quantitative estimate of drug-likeness (QED) is 0.708. The van der Waals surface area contributed by atoms with Gasteiger partial charge in [0.25, 0.3) is 0 Å². The molecule has 0 radical (unpaired) electrons. The molecule has 1 amide bonds. The molecule has 4 aliphatic carbocycles. The van der Waals surface area contributed by atoms with E-state index in [1.54, 1.807) is 0 Å². The van der Waals surface area contributed by atoms with Gasteiger partial charge < -0.3 is 10.1 Å². The van der Waals surface area contributed by atoms with Crippen LogP contribution in [0.2, 0.25) is 0 Å². The van der Waals surface area contributed by atoms with Gasteiger partial charge in [0, 0.05) is 12.5 Å². The minimum Gasteiger partial charge on any atom is -0.494 e. The van der Waals surface area contributed by atoms with E-state index in [4.69, 9.17) is 4.74 Å². The van der Waals surface area contributed by atoms with Crippen LogP contribution in [0.5, 0.6) is 5.75 Å². The highest BCUT2D eigenvalue weighted by Gasteiger charge is 2.53. The minimum absolute atomic E-state index is 0.195. The summed E-state index contributed by atoms with van der Waals surface area (Å²) in [4.78, 5) is 12.4. The van der Waals surface area contributed by atoms with Crippen molar-refractivity contribution < 1.29 is 9.53 Å². The molecule has 1 aromatic carbocycles. The van der Waals surface area contributed by atoms with E-state index in [0.29, 0.717) is 24.5 Å². The zero-order valence-electron chi connectivity index (χ0n) is 16.3. The van der Waals surface area contributed by atoms with Gasteiger partial charge in [-0.3, -0.25) is 4.79 Å². The van der Waals surface area contributed by atoms with E-state index >= 15 is 0 Å². The van der Waals surface area contributed by atoms with Crippen molar-refractivity contribution in [2.24, 2.45) is 23.2 Å². The molecule has 4 saturated carbocycles. The van der Waals surface area contributed by atoms with Crippen LogP contribution in [0, 0.1) is 30.1 Å². The normalized spacial score (nSPS) is 33.1. The van der Waals surface area contributed by atoms with Crippen LogP contribution in [0.4, 0.5) is 0 Å². The maximum absolute atomic E-state index is 12.4. The molecule has 4 aliphatic rings. The molecule has 0 aromatic heterocycles. The molecule has 0 saturated heterocycles. The topological polar surface area (TPSA) is 38.3 Å². The molecule has 1 atom stereocenters. The number of carbonyl (C=O) groups is 1. The minimum atomic E-state index is 0.195. The Bertz CT molecular complexity index is 601. The SMILES string of the molecule is Cc1ccc(OCCCC(=O)N[C@H](C)C23CC4CC(CC(C4)C2)C3)cc1. The number of hydrogen-bond acceptors (Lipinski definition) is 2. The molecule has 0 aliphatic heterocycles. The third-order valence-electron chi connectivity index (χ3n) is 7.22. The van der Waals surface area contributed by atoms with Crippen LogP contribution in [0.3, 0.4) is 0 Å². The van der Waals surface area contributed by atoms with Gasteiger partial charge in [-0.1, -0.05) is 17.7 Å². The summed E-state index contributed by atoms with van der Waals surface area (Å²) in [5, 5.41) is 3.35. The van der Waals surface area contributed by atoms with E-state index in [-0.39, 0.29) is 5.91 Å². The molecule has 1 N–H and O–H groups in total. The molecule has 3 heteroatoms. The Morgan fingerprint density at radius 2 is 1.69 bits per heavy atom. The lowest BCUT2D eigenvalue weighted by Crippen LogP contribution is -2.55. The molecular weight excluding hydrogens is 322 g/mol. The van der Waals surface area contributed by atoms with Gasteiger partial charge in [-0.05, 0) is 94.1 Å². The maximum atomic E-state index is 12.4. The first kappa shape index (κ1) is 17.9. The largest absolute Gasteiger partial charge is 0.494 e. The molecule has 142 valence electrons. The van der Waals surface area contributed by atoms with E-state index in [2.05, 4.69) is 31.3 Å². The van der Waals surface area contributed by atoms with Crippen molar-refractivity contribution in [3.05, 3.63) is 29.8 Å². The number of aryl methyl sites for hydroxylation is 1. The summed E-state index contributed by atoms with van der Waals surface area (Å²) in [6, 6.07) is 8.40. The highest BCUT2D eigenvalue weighted by atomic mass is 16.5. The van der Waals surface area contributed by atoms with Gasteiger partial charge in [-0.2, -0.15) is 0 Å². The zero-order chi connectivity index (χ0) is 18.1. The third-order valence-corrected chi connectivity index (χ3v) is 7.22. The molecule has 5 rings (SSSR count). The average molecular weight is 356 g/mol. The first-order valence-corrected chi connectivity index (χ1v) is 10.5. The van der Waals surface area contributed by atoms with Crippen molar-refractivity contribution >= 4 is 5.91 Å². The van der Waals surface area contributed by atoms with Crippen molar-refractivity contribution in [1.29, 1.82) is 0 Å². The van der Waals surface area contributed by atoms with E-state index < -0.39 is 0 Å². The van der Waals surface area contributed by atoms with E-state index in [9.17, 15) is 4.79 Å². The molecule has 4 bridgehead atoms. The second-order valence-electron chi connectivity index (χ2n) is 9.33. The summed E-state index contributed by atoms with van der Waals surface area (Å²) >= 11 is 0. The Kier molecular flexibility index (Phi) is 4.98. The molecular formula is C23H33NO2. The van der Waals surface area contributed by atoms with Crippen molar-refractivity contribution in [2.75, 3.05) is 6.61 Å². The van der Waals surface area contributed by atoms with Crippen LogP contribution in [-0.4, -0.2) is 18.6 Å². The Morgan fingerprint density at radius 1 is 1.12 bits per heavy atom. The summed E-state index contributed by atoms with van der Waals surface area (Å²) in [6.07, 6.45) is 9.73. The monoisotopic (exact) mass is 355 g/mol. The lowest BCUT2D eigenvalue weighted by Gasteiger charge is -2.59. The molecule has 1 aromatic rings. The standard InChI is InChI=1S/C23H33NO2/c1-16-5-7-21(8-6-16)26-9-3-4-22(25)24-17(2)23-13-18-10-19(14-23)12-20(11-18)15-23/h5-8,17-20H,3-4,9-15H2,1-2H3,(H,24,25)/t17-,18?,19?,20?,23?/m1/s1. The summed E-state index contributed by atoms with van der Waals surface area (Å²) < 4.78 is 5.74. The number of ether oxygens (including phenoxy) is 1. The molecule has 26 heavy (non-hydrogen) atoms. The predicted octanol–water partition coefficient (Wildman–Crippen LogP) is 4.88. The first-order valence-electron chi connectivity index (χ1n) is 10.5. The molecule has 0 spiro atoms. The Hall–Kier alpha value is -1.51. The van der Waals surface area contributed by atoms with Gasteiger partial charge in [-0.15, -0.1) is 0 Å². The summed E-state index contributed by atoms with van der Waals surface area (Å²) in [6.45, 7) is 4.93. The Morgan fingerprint density at radius 3 is 2.27 bits per heavy atom. The summed E-state index contributed by atoms with van der Waals surface area (Å²) in [5.74, 6) is 3.88. The highest BCUT2D eigenvalue weighted by Crippen LogP contribution is 2.61. The van der Waals surface area contributed by atoms with Crippen molar-refractivity contribution in [1.82, 2.24) is 5.32 Å². The van der Waals surface area contributed by atoms with Gasteiger partial charge in [0.15, 0.2) is 0 Å². The average Bonchev–Trinajstić information content (AvgIpc) is 2.59. The summed E-state index contributed by atoms with van der Waals surface area (Å²) in [5.41, 5.74) is 1.62. The van der Waals surface area contributed by atoms with E-state index in [0.717, 1.165) is 29.9 Å². The fourth-order valence-corrected chi connectivity index (χ4v) is 6.23. The fraction of sp³-hybridized carbons (Fsp3) is 0.696. The number of carbonyl (C=O) groups excluding carboxylic acids is 1. The van der Waals surface area contributed by atoms with E-state index in [1.165, 1.54) is 44.1 Å². The number of benzene rings is 1. The predicted molar refractivity (Wildman–Crippen MR) is 104 cm³/mol. The van der Waals surface area contributed by atoms with Crippen LogP contribution in [-0.2, 0) is 4.79 Å². The molecule has 4 fully saturated rings. The Labute approximate surface area is 157 Å². The van der Waals surface area contributed by atoms with Gasteiger partial charge >= 0.3 is 0 Å². The van der Waals surface area contributed by atoms with Crippen molar-refractivity contribution in [3.8, 4) is 5.75 Å². The smallest absolute Gasteiger partial charge is 0.220 e. The van der Waals surface area contributed by atoms with Gasteiger partial charge in [0.1, 0.15) is 5.75 Å². The fourth-order valence-electron chi connectivity index (χ4n) is 6.23. The van der Waals surface area contributed by atoms with Gasteiger partial charge in [-0.25, -0.2) is 0 Å². The lowest BCUT2D eigenvalue weighted by atomic mass is 9.48.